The summed E-state index contributed by atoms with van der Waals surface area (Å²) in [6.07, 6.45) is 2.31. The molecule has 22 heavy (non-hydrogen) atoms. The Labute approximate surface area is 128 Å². The Morgan fingerprint density at radius 1 is 1.05 bits per heavy atom. The van der Waals surface area contributed by atoms with Crippen LogP contribution in [0.5, 0.6) is 5.75 Å². The summed E-state index contributed by atoms with van der Waals surface area (Å²) in [6.45, 7) is 0.547. The van der Waals surface area contributed by atoms with Crippen molar-refractivity contribution in [3.05, 3.63) is 77.0 Å². The summed E-state index contributed by atoms with van der Waals surface area (Å²) in [5.41, 5.74) is 1.84. The van der Waals surface area contributed by atoms with Crippen molar-refractivity contribution in [3.63, 3.8) is 0 Å². The van der Waals surface area contributed by atoms with E-state index in [1.165, 1.54) is 4.68 Å². The highest BCUT2D eigenvalue weighted by atomic mass is 16.5. The van der Waals surface area contributed by atoms with E-state index in [0.29, 0.717) is 6.54 Å². The molecule has 0 aliphatic heterocycles. The standard InChI is InChI=1S/C17H17N3O2/c1-22-16-9-7-14(8-10-16)11-12-20-17(21)19(13-18-20)15-5-3-2-4-6-15/h2-10,13H,11-12H2,1H3. The lowest BCUT2D eigenvalue weighted by molar-refractivity contribution is 0.414. The van der Waals surface area contributed by atoms with Gasteiger partial charge < -0.3 is 4.74 Å². The second-order valence-electron chi connectivity index (χ2n) is 4.94. The maximum absolute atomic E-state index is 12.3. The summed E-state index contributed by atoms with van der Waals surface area (Å²) < 4.78 is 8.17. The van der Waals surface area contributed by atoms with E-state index in [1.807, 2.05) is 54.6 Å². The van der Waals surface area contributed by atoms with Crippen LogP contribution in [0, 0.1) is 0 Å². The molecule has 0 amide bonds. The average Bonchev–Trinajstić information content (AvgIpc) is 2.95. The predicted octanol–water partition coefficient (Wildman–Crippen LogP) is 2.29. The summed E-state index contributed by atoms with van der Waals surface area (Å²) in [6, 6.07) is 17.3. The Morgan fingerprint density at radius 3 is 2.45 bits per heavy atom. The van der Waals surface area contributed by atoms with Crippen LogP contribution in [0.1, 0.15) is 5.56 Å². The molecule has 1 heterocycles. The molecule has 5 heteroatoms. The Bertz CT molecular complexity index is 789. The molecule has 3 aromatic rings. The molecule has 0 N–H and O–H groups in total. The van der Waals surface area contributed by atoms with E-state index in [2.05, 4.69) is 5.10 Å². The van der Waals surface area contributed by atoms with Gasteiger partial charge in [-0.1, -0.05) is 30.3 Å². The quantitative estimate of drug-likeness (QED) is 0.725. The molecule has 0 saturated heterocycles. The molecule has 0 aliphatic carbocycles. The third-order valence-electron chi connectivity index (χ3n) is 3.54. The minimum absolute atomic E-state index is 0.125. The van der Waals surface area contributed by atoms with Gasteiger partial charge in [-0.2, -0.15) is 5.10 Å². The van der Waals surface area contributed by atoms with Crippen molar-refractivity contribution < 1.29 is 4.74 Å². The van der Waals surface area contributed by atoms with Crippen LogP contribution < -0.4 is 10.4 Å². The molecule has 0 atom stereocenters. The lowest BCUT2D eigenvalue weighted by Crippen LogP contribution is -2.24. The van der Waals surface area contributed by atoms with Gasteiger partial charge in [-0.15, -0.1) is 0 Å². The third kappa shape index (κ3) is 2.93. The molecule has 0 spiro atoms. The normalized spacial score (nSPS) is 10.6. The van der Waals surface area contributed by atoms with Gasteiger partial charge in [-0.05, 0) is 36.2 Å². The van der Waals surface area contributed by atoms with Gasteiger partial charge >= 0.3 is 5.69 Å². The first kappa shape index (κ1) is 14.1. The number of nitrogens with zero attached hydrogens (tertiary/aromatic N) is 3. The molecule has 3 rings (SSSR count). The molecule has 1 aromatic heterocycles. The molecule has 0 unspecified atom stereocenters. The number of aromatic nitrogens is 3. The lowest BCUT2D eigenvalue weighted by Gasteiger charge is -2.03. The van der Waals surface area contributed by atoms with Gasteiger partial charge in [-0.25, -0.2) is 14.0 Å². The molecule has 2 aromatic carbocycles. The van der Waals surface area contributed by atoms with Crippen LogP contribution >= 0.6 is 0 Å². The average molecular weight is 295 g/mol. The minimum atomic E-state index is -0.125. The van der Waals surface area contributed by atoms with Crippen LogP contribution in [-0.4, -0.2) is 21.5 Å². The van der Waals surface area contributed by atoms with E-state index in [4.69, 9.17) is 4.74 Å². The molecular weight excluding hydrogens is 278 g/mol. The number of para-hydroxylation sites is 1. The second-order valence-corrected chi connectivity index (χ2v) is 4.94. The number of methoxy groups -OCH3 is 1. The first-order valence-corrected chi connectivity index (χ1v) is 7.11. The zero-order chi connectivity index (χ0) is 15.4. The van der Waals surface area contributed by atoms with Crippen molar-refractivity contribution in [1.29, 1.82) is 0 Å². The second kappa shape index (κ2) is 6.30. The van der Waals surface area contributed by atoms with Gasteiger partial charge in [0.05, 0.1) is 19.3 Å². The van der Waals surface area contributed by atoms with Gasteiger partial charge in [0.1, 0.15) is 12.1 Å². The first-order chi connectivity index (χ1) is 10.8. The maximum Gasteiger partial charge on any atom is 0.350 e. The van der Waals surface area contributed by atoms with E-state index >= 15 is 0 Å². The summed E-state index contributed by atoms with van der Waals surface area (Å²) in [5, 5.41) is 4.18. The highest BCUT2D eigenvalue weighted by Gasteiger charge is 2.06. The van der Waals surface area contributed by atoms with Crippen LogP contribution in [0.2, 0.25) is 0 Å². The van der Waals surface area contributed by atoms with Crippen molar-refractivity contribution in [2.45, 2.75) is 13.0 Å². The van der Waals surface area contributed by atoms with Crippen molar-refractivity contribution in [1.82, 2.24) is 14.3 Å². The highest BCUT2D eigenvalue weighted by molar-refractivity contribution is 5.30. The zero-order valence-corrected chi connectivity index (χ0v) is 12.3. The van der Waals surface area contributed by atoms with E-state index in [-0.39, 0.29) is 5.69 Å². The summed E-state index contributed by atoms with van der Waals surface area (Å²) in [5.74, 6) is 0.828. The maximum atomic E-state index is 12.3. The van der Waals surface area contributed by atoms with Crippen LogP contribution in [-0.2, 0) is 13.0 Å². The van der Waals surface area contributed by atoms with Gasteiger partial charge in [-0.3, -0.25) is 0 Å². The minimum Gasteiger partial charge on any atom is -0.497 e. The van der Waals surface area contributed by atoms with E-state index in [1.54, 1.807) is 18.0 Å². The van der Waals surface area contributed by atoms with E-state index in [9.17, 15) is 4.79 Å². The number of benzene rings is 2. The van der Waals surface area contributed by atoms with Crippen molar-refractivity contribution in [2.75, 3.05) is 7.11 Å². The zero-order valence-electron chi connectivity index (χ0n) is 12.3. The molecule has 0 radical (unpaired) electrons. The van der Waals surface area contributed by atoms with Crippen molar-refractivity contribution in [3.8, 4) is 11.4 Å². The number of aryl methyl sites for hydroxylation is 2. The smallest absolute Gasteiger partial charge is 0.350 e. The number of hydrogen-bond donors (Lipinski definition) is 0. The summed E-state index contributed by atoms with van der Waals surface area (Å²) >= 11 is 0. The molecule has 0 fully saturated rings. The Balaban J connectivity index is 1.73. The molecule has 112 valence electrons. The van der Waals surface area contributed by atoms with Crippen LogP contribution in [0.3, 0.4) is 0 Å². The summed E-state index contributed by atoms with van der Waals surface area (Å²) in [4.78, 5) is 12.3. The van der Waals surface area contributed by atoms with Gasteiger partial charge in [0.15, 0.2) is 0 Å². The number of hydrogen-bond acceptors (Lipinski definition) is 3. The molecule has 5 nitrogen and oxygen atoms in total. The van der Waals surface area contributed by atoms with Gasteiger partial charge in [0.2, 0.25) is 0 Å². The Kier molecular flexibility index (Phi) is 4.05. The molecule has 0 bridgehead atoms. The largest absolute Gasteiger partial charge is 0.497 e. The monoisotopic (exact) mass is 295 g/mol. The van der Waals surface area contributed by atoms with Crippen LogP contribution in [0.15, 0.2) is 65.7 Å². The fourth-order valence-corrected chi connectivity index (χ4v) is 2.28. The third-order valence-corrected chi connectivity index (χ3v) is 3.54. The number of rotatable bonds is 5. The van der Waals surface area contributed by atoms with Gasteiger partial charge in [0.25, 0.3) is 0 Å². The van der Waals surface area contributed by atoms with E-state index < -0.39 is 0 Å². The van der Waals surface area contributed by atoms with Crippen molar-refractivity contribution >= 4 is 0 Å². The molecule has 0 saturated carbocycles. The fraction of sp³-hybridized carbons (Fsp3) is 0.176. The SMILES string of the molecule is COc1ccc(CCn2ncn(-c3ccccc3)c2=O)cc1. The lowest BCUT2D eigenvalue weighted by atomic mass is 10.1. The van der Waals surface area contributed by atoms with E-state index in [0.717, 1.165) is 23.4 Å². The van der Waals surface area contributed by atoms with Crippen LogP contribution in [0.25, 0.3) is 5.69 Å². The topological polar surface area (TPSA) is 49.0 Å². The predicted molar refractivity (Wildman–Crippen MR) is 84.5 cm³/mol. The Hall–Kier alpha value is -2.82. The number of ether oxygens (including phenoxy) is 1. The molecular formula is C17H17N3O2. The van der Waals surface area contributed by atoms with Gasteiger partial charge in [0, 0.05) is 0 Å². The van der Waals surface area contributed by atoms with Crippen molar-refractivity contribution in [2.24, 2.45) is 0 Å². The van der Waals surface area contributed by atoms with Crippen LogP contribution in [0.4, 0.5) is 0 Å². The first-order valence-electron chi connectivity index (χ1n) is 7.11. The molecule has 0 aliphatic rings. The summed E-state index contributed by atoms with van der Waals surface area (Å²) in [7, 11) is 1.64. The highest BCUT2D eigenvalue weighted by Crippen LogP contribution is 2.12. The Morgan fingerprint density at radius 2 is 1.77 bits per heavy atom. The fourth-order valence-electron chi connectivity index (χ4n) is 2.28.